The summed E-state index contributed by atoms with van der Waals surface area (Å²) in [7, 11) is 1.68. The zero-order valence-corrected chi connectivity index (χ0v) is 32.4. The summed E-state index contributed by atoms with van der Waals surface area (Å²) in [6.45, 7) is 11.7. The Morgan fingerprint density at radius 1 is 1.04 bits per heavy atom. The lowest BCUT2D eigenvalue weighted by Crippen LogP contribution is -2.59. The second kappa shape index (κ2) is 16.6. The van der Waals surface area contributed by atoms with E-state index in [0.717, 1.165) is 30.3 Å². The highest BCUT2D eigenvalue weighted by molar-refractivity contribution is 6.00. The monoisotopic (exact) mass is 761 g/mol. The van der Waals surface area contributed by atoms with Crippen LogP contribution in [0.2, 0.25) is 0 Å². The van der Waals surface area contributed by atoms with Crippen LogP contribution in [-0.2, 0) is 46.9 Å². The van der Waals surface area contributed by atoms with Crippen LogP contribution in [0.4, 0.5) is 0 Å². The van der Waals surface area contributed by atoms with E-state index in [4.69, 9.17) is 15.2 Å². The molecule has 4 saturated heterocycles. The molecule has 15 heteroatoms. The summed E-state index contributed by atoms with van der Waals surface area (Å²) in [4.78, 5) is 83.8. The number of nitrogens with two attached hydrogens (primary N) is 1. The third kappa shape index (κ3) is 8.63. The van der Waals surface area contributed by atoms with E-state index in [1.807, 2.05) is 45.0 Å². The van der Waals surface area contributed by atoms with Gasteiger partial charge in [0.25, 0.3) is 0 Å². The van der Waals surface area contributed by atoms with E-state index in [9.17, 15) is 28.8 Å². The van der Waals surface area contributed by atoms with Crippen LogP contribution >= 0.6 is 0 Å². The molecule has 2 unspecified atom stereocenters. The van der Waals surface area contributed by atoms with Gasteiger partial charge in [-0.05, 0) is 61.1 Å². The van der Waals surface area contributed by atoms with Gasteiger partial charge in [-0.25, -0.2) is 4.79 Å². The van der Waals surface area contributed by atoms with Crippen LogP contribution in [0, 0.1) is 11.3 Å². The van der Waals surface area contributed by atoms with Gasteiger partial charge in [0, 0.05) is 39.6 Å². The number of carbonyl (C=O) groups excluding carboxylic acids is 5. The number of rotatable bonds is 10. The molecule has 0 radical (unpaired) electrons. The Kier molecular flexibility index (Phi) is 12.1. The second-order valence-electron chi connectivity index (χ2n) is 16.3. The number of hydrogen-bond acceptors (Lipinski definition) is 9. The van der Waals surface area contributed by atoms with Crippen molar-refractivity contribution in [1.29, 1.82) is 0 Å². The Bertz CT molecular complexity index is 1900. The molecule has 6 rings (SSSR count). The quantitative estimate of drug-likeness (QED) is 0.268. The molecule has 0 bridgehead atoms. The molecule has 5 heterocycles. The number of imide groups is 1. The van der Waals surface area contributed by atoms with Crippen LogP contribution in [0.15, 0.2) is 47.8 Å². The van der Waals surface area contributed by atoms with Crippen LogP contribution < -0.4 is 16.7 Å². The maximum atomic E-state index is 14.1. The van der Waals surface area contributed by atoms with E-state index in [1.165, 1.54) is 4.57 Å². The topological polar surface area (TPSA) is 179 Å². The van der Waals surface area contributed by atoms with Crippen LogP contribution in [0.1, 0.15) is 64.5 Å². The first-order valence-electron chi connectivity index (χ1n) is 19.4. The summed E-state index contributed by atoms with van der Waals surface area (Å²) in [5.74, 6) is -1.18. The van der Waals surface area contributed by atoms with Crippen LogP contribution in [0.5, 0.6) is 0 Å². The van der Waals surface area contributed by atoms with Gasteiger partial charge in [0.2, 0.25) is 29.5 Å². The van der Waals surface area contributed by atoms with E-state index in [-0.39, 0.29) is 54.9 Å². The number of allylic oxidation sites excluding steroid dienone is 2. The van der Waals surface area contributed by atoms with Crippen molar-refractivity contribution in [3.63, 3.8) is 0 Å². The smallest absolute Gasteiger partial charge is 0.329 e. The summed E-state index contributed by atoms with van der Waals surface area (Å²) in [5, 5.41) is 2.34. The average molecular weight is 762 g/mol. The van der Waals surface area contributed by atoms with E-state index in [1.54, 1.807) is 38.5 Å². The Morgan fingerprint density at radius 2 is 1.78 bits per heavy atom. The largest absolute Gasteiger partial charge is 0.370 e. The normalized spacial score (nSPS) is 24.8. The third-order valence-corrected chi connectivity index (χ3v) is 11.5. The van der Waals surface area contributed by atoms with Crippen molar-refractivity contribution in [3.8, 4) is 0 Å². The summed E-state index contributed by atoms with van der Waals surface area (Å²) >= 11 is 0. The predicted molar refractivity (Wildman–Crippen MR) is 205 cm³/mol. The first kappa shape index (κ1) is 40.1. The summed E-state index contributed by atoms with van der Waals surface area (Å²) in [6.07, 6.45) is 7.53. The Labute approximate surface area is 321 Å². The van der Waals surface area contributed by atoms with E-state index < -0.39 is 35.6 Å². The Hall–Kier alpha value is -4.60. The summed E-state index contributed by atoms with van der Waals surface area (Å²) in [5.41, 5.74) is 8.01. The fraction of sp³-hybridized carbons (Fsp3) is 0.600. The molecule has 4 aliphatic rings. The second-order valence-corrected chi connectivity index (χ2v) is 16.3. The number of amides is 5. The number of carbonyl (C=O) groups is 5. The molecule has 5 atom stereocenters. The van der Waals surface area contributed by atoms with Crippen LogP contribution in [0.3, 0.4) is 0 Å². The minimum Gasteiger partial charge on any atom is -0.370 e. The SMILES string of the molecule is C=C/C=C\C1CN(C(=O)[C@@H]2[C@H](OCC(=O)N3CCC(Cc4ccc5c(c4)n(C)c(=O)n5C4CCC(=O)NC4=O)CC3)CCN2C(=O)[C@@H](N)C(C)(C)C)CCO1. The lowest BCUT2D eigenvalue weighted by molar-refractivity contribution is -0.155. The van der Waals surface area contributed by atoms with Crippen molar-refractivity contribution < 1.29 is 33.4 Å². The van der Waals surface area contributed by atoms with Gasteiger partial charge in [0.05, 0.1) is 42.4 Å². The third-order valence-electron chi connectivity index (χ3n) is 11.5. The Balaban J connectivity index is 1.06. The molecule has 4 aliphatic heterocycles. The molecular weight excluding hydrogens is 706 g/mol. The number of morpholine rings is 1. The van der Waals surface area contributed by atoms with Gasteiger partial charge in [-0.1, -0.05) is 51.6 Å². The number of aryl methyl sites for hydroxylation is 1. The maximum absolute atomic E-state index is 14.1. The van der Waals surface area contributed by atoms with Gasteiger partial charge in [-0.2, -0.15) is 0 Å². The number of fused-ring (bicyclic) bond motifs is 1. The van der Waals surface area contributed by atoms with Crippen LogP contribution in [-0.4, -0.2) is 124 Å². The first-order valence-corrected chi connectivity index (χ1v) is 19.4. The van der Waals surface area contributed by atoms with Crippen molar-refractivity contribution >= 4 is 40.6 Å². The van der Waals surface area contributed by atoms with Gasteiger partial charge in [0.1, 0.15) is 18.7 Å². The molecule has 0 saturated carbocycles. The maximum Gasteiger partial charge on any atom is 0.329 e. The highest BCUT2D eigenvalue weighted by atomic mass is 16.5. The zero-order chi connectivity index (χ0) is 39.6. The van der Waals surface area contributed by atoms with Crippen LogP contribution in [0.25, 0.3) is 11.0 Å². The van der Waals surface area contributed by atoms with Gasteiger partial charge in [0.15, 0.2) is 0 Å². The van der Waals surface area contributed by atoms with Crippen molar-refractivity contribution in [1.82, 2.24) is 29.2 Å². The highest BCUT2D eigenvalue weighted by Crippen LogP contribution is 2.30. The minimum atomic E-state index is -0.903. The summed E-state index contributed by atoms with van der Waals surface area (Å²) in [6, 6.07) is 3.38. The van der Waals surface area contributed by atoms with Gasteiger partial charge >= 0.3 is 5.69 Å². The standard InChI is InChI=1S/C40H55N7O8/c1-6-7-8-27-23-45(19-20-54-27)37(51)34-31(15-18-46(34)38(52)35(41)40(2,3)4)55-24-33(49)44-16-13-25(14-17-44)21-26-9-10-28-30(22-26)43(5)39(53)47(28)29-11-12-32(48)42-36(29)50/h6-10,22,25,27,29,31,34-35H,1,11-21,23-24,41H2,2-5H3,(H,42,48,50)/b8-7-/t27?,29?,31-,34+,35-/m1/s1. The van der Waals surface area contributed by atoms with E-state index in [0.29, 0.717) is 57.2 Å². The van der Waals surface area contributed by atoms with E-state index >= 15 is 0 Å². The minimum absolute atomic E-state index is 0.159. The number of piperidine rings is 2. The number of aromatic nitrogens is 2. The fourth-order valence-corrected chi connectivity index (χ4v) is 8.16. The van der Waals surface area contributed by atoms with Crippen molar-refractivity contribution in [3.05, 3.63) is 59.1 Å². The predicted octanol–water partition coefficient (Wildman–Crippen LogP) is 1.43. The molecule has 4 fully saturated rings. The fourth-order valence-electron chi connectivity index (χ4n) is 8.16. The zero-order valence-electron chi connectivity index (χ0n) is 32.4. The number of imidazole rings is 1. The molecule has 1 aromatic carbocycles. The first-order chi connectivity index (χ1) is 26.2. The van der Waals surface area contributed by atoms with E-state index in [2.05, 4.69) is 11.9 Å². The lowest BCUT2D eigenvalue weighted by Gasteiger charge is -2.38. The molecule has 1 aromatic heterocycles. The highest BCUT2D eigenvalue weighted by Gasteiger charge is 2.47. The molecule has 3 N–H and O–H groups in total. The molecular formula is C40H55N7O8. The number of nitrogens with one attached hydrogen (secondary N) is 1. The average Bonchev–Trinajstić information content (AvgIpc) is 3.70. The number of benzene rings is 1. The molecule has 55 heavy (non-hydrogen) atoms. The van der Waals surface area contributed by atoms with Crippen molar-refractivity contribution in [2.75, 3.05) is 45.9 Å². The molecule has 298 valence electrons. The number of ether oxygens (including phenoxy) is 2. The molecule has 2 aromatic rings. The Morgan fingerprint density at radius 3 is 2.47 bits per heavy atom. The van der Waals surface area contributed by atoms with Gasteiger partial charge in [-0.3, -0.25) is 38.4 Å². The van der Waals surface area contributed by atoms with Gasteiger partial charge < -0.3 is 29.9 Å². The van der Waals surface area contributed by atoms with Crippen molar-refractivity contribution in [2.45, 2.75) is 89.6 Å². The molecule has 0 aliphatic carbocycles. The number of hydrogen-bond donors (Lipinski definition) is 2. The molecule has 5 amide bonds. The molecule has 0 spiro atoms. The van der Waals surface area contributed by atoms with Gasteiger partial charge in [-0.15, -0.1) is 0 Å². The number of nitrogens with zero attached hydrogens (tertiary/aromatic N) is 5. The number of likely N-dealkylation sites (tertiary alicyclic amines) is 2. The lowest BCUT2D eigenvalue weighted by atomic mass is 9.86. The summed E-state index contributed by atoms with van der Waals surface area (Å²) < 4.78 is 15.0. The van der Waals surface area contributed by atoms with Crippen molar-refractivity contribution in [2.24, 2.45) is 24.1 Å². The molecule has 15 nitrogen and oxygen atoms in total.